The van der Waals surface area contributed by atoms with E-state index in [0.717, 1.165) is 23.4 Å². The van der Waals surface area contributed by atoms with Crippen LogP contribution < -0.4 is 10.6 Å². The van der Waals surface area contributed by atoms with E-state index in [9.17, 15) is 9.59 Å². The average Bonchev–Trinajstić information content (AvgIpc) is 3.30. The Morgan fingerprint density at radius 1 is 0.970 bits per heavy atom. The number of nitrogens with zero attached hydrogens (tertiary/aromatic N) is 2. The predicted octanol–water partition coefficient (Wildman–Crippen LogP) is 5.66. The number of carbonyl (C=O) groups is 2. The molecule has 0 aliphatic heterocycles. The molecule has 0 bridgehead atoms. The highest BCUT2D eigenvalue weighted by Crippen LogP contribution is 2.26. The van der Waals surface area contributed by atoms with E-state index in [0.29, 0.717) is 24.6 Å². The zero-order valence-corrected chi connectivity index (χ0v) is 19.2. The van der Waals surface area contributed by atoms with Crippen molar-refractivity contribution in [3.05, 3.63) is 77.9 Å². The molecule has 0 spiro atoms. The molecule has 2 aromatic carbocycles. The highest BCUT2D eigenvalue weighted by Gasteiger charge is 2.17. The zero-order valence-electron chi connectivity index (χ0n) is 19.2. The van der Waals surface area contributed by atoms with Gasteiger partial charge in [0.2, 0.25) is 5.91 Å². The highest BCUT2D eigenvalue weighted by molar-refractivity contribution is 6.02. The molecule has 1 aromatic heterocycles. The number of carbonyl (C=O) groups excluding carboxylic acids is 2. The average molecular weight is 445 g/mol. The number of hydrogen-bond acceptors (Lipinski definition) is 3. The molecule has 6 heteroatoms. The molecule has 1 fully saturated rings. The van der Waals surface area contributed by atoms with Crippen molar-refractivity contribution in [3.8, 4) is 0 Å². The molecular formula is C27H32N4O2. The lowest BCUT2D eigenvalue weighted by molar-refractivity contribution is -0.117. The van der Waals surface area contributed by atoms with Gasteiger partial charge in [0.1, 0.15) is 5.69 Å². The van der Waals surface area contributed by atoms with E-state index in [1.165, 1.54) is 37.7 Å². The van der Waals surface area contributed by atoms with Gasteiger partial charge in [-0.05, 0) is 60.6 Å². The molecule has 4 rings (SSSR count). The van der Waals surface area contributed by atoms with Crippen molar-refractivity contribution >= 4 is 23.2 Å². The minimum absolute atomic E-state index is 0.101. The van der Waals surface area contributed by atoms with Crippen molar-refractivity contribution in [2.75, 3.05) is 10.6 Å². The molecule has 2 amide bonds. The molecule has 0 saturated heterocycles. The Bertz CT molecular complexity index is 1080. The van der Waals surface area contributed by atoms with Crippen molar-refractivity contribution in [1.82, 2.24) is 9.55 Å². The molecular weight excluding hydrogens is 412 g/mol. The largest absolute Gasteiger partial charge is 0.332 e. The van der Waals surface area contributed by atoms with Crippen molar-refractivity contribution in [1.29, 1.82) is 0 Å². The van der Waals surface area contributed by atoms with E-state index in [2.05, 4.69) is 22.5 Å². The number of imidazole rings is 1. The van der Waals surface area contributed by atoms with Crippen LogP contribution in [0, 0.1) is 5.92 Å². The van der Waals surface area contributed by atoms with Gasteiger partial charge in [-0.1, -0.05) is 50.5 Å². The van der Waals surface area contributed by atoms with E-state index in [4.69, 9.17) is 0 Å². The Hall–Kier alpha value is -3.41. The molecule has 2 N–H and O–H groups in total. The maximum Gasteiger partial charge on any atom is 0.275 e. The first kappa shape index (κ1) is 22.8. The number of benzene rings is 2. The molecule has 0 atom stereocenters. The van der Waals surface area contributed by atoms with E-state index in [1.807, 2.05) is 53.1 Å². The van der Waals surface area contributed by atoms with Gasteiger partial charge in [-0.2, -0.15) is 0 Å². The van der Waals surface area contributed by atoms with Crippen LogP contribution >= 0.6 is 0 Å². The van der Waals surface area contributed by atoms with Gasteiger partial charge in [-0.25, -0.2) is 4.98 Å². The summed E-state index contributed by atoms with van der Waals surface area (Å²) in [6.45, 7) is 2.68. The fourth-order valence-corrected chi connectivity index (χ4v) is 4.40. The molecule has 0 unspecified atom stereocenters. The Morgan fingerprint density at radius 3 is 2.52 bits per heavy atom. The second kappa shape index (κ2) is 10.9. The normalized spacial score (nSPS) is 14.1. The van der Waals surface area contributed by atoms with Gasteiger partial charge >= 0.3 is 0 Å². The van der Waals surface area contributed by atoms with Crippen LogP contribution in [0.5, 0.6) is 0 Å². The van der Waals surface area contributed by atoms with Gasteiger partial charge in [0.25, 0.3) is 5.91 Å². The van der Waals surface area contributed by atoms with Crippen LogP contribution in [-0.4, -0.2) is 21.4 Å². The summed E-state index contributed by atoms with van der Waals surface area (Å²) < 4.78 is 1.88. The topological polar surface area (TPSA) is 76.0 Å². The summed E-state index contributed by atoms with van der Waals surface area (Å²) >= 11 is 0. The summed E-state index contributed by atoms with van der Waals surface area (Å²) in [5, 5.41) is 5.93. The van der Waals surface area contributed by atoms with Gasteiger partial charge in [-0.15, -0.1) is 0 Å². The summed E-state index contributed by atoms with van der Waals surface area (Å²) in [7, 11) is 0. The molecule has 1 saturated carbocycles. The summed E-state index contributed by atoms with van der Waals surface area (Å²) in [5.41, 5.74) is 4.21. The quantitative estimate of drug-likeness (QED) is 0.471. The van der Waals surface area contributed by atoms with Crippen LogP contribution in [0.3, 0.4) is 0 Å². The highest BCUT2D eigenvalue weighted by atomic mass is 16.2. The lowest BCUT2D eigenvalue weighted by atomic mass is 9.87. The first-order valence-electron chi connectivity index (χ1n) is 11.9. The Balaban J connectivity index is 1.29. The lowest BCUT2D eigenvalue weighted by Gasteiger charge is -2.20. The zero-order chi connectivity index (χ0) is 23.0. The van der Waals surface area contributed by atoms with Crippen molar-refractivity contribution in [3.63, 3.8) is 0 Å². The second-order valence-electron chi connectivity index (χ2n) is 8.89. The van der Waals surface area contributed by atoms with Gasteiger partial charge in [0, 0.05) is 30.5 Å². The molecule has 1 aliphatic rings. The molecule has 3 aromatic rings. The first-order valence-corrected chi connectivity index (χ1v) is 11.9. The summed E-state index contributed by atoms with van der Waals surface area (Å²) in [6, 6.07) is 15.7. The molecule has 0 radical (unpaired) electrons. The lowest BCUT2D eigenvalue weighted by Crippen LogP contribution is -2.18. The van der Waals surface area contributed by atoms with Crippen LogP contribution in [0.15, 0.2) is 61.1 Å². The Kier molecular flexibility index (Phi) is 7.55. The number of nitrogens with one attached hydrogen (secondary N) is 2. The third kappa shape index (κ3) is 6.54. The van der Waals surface area contributed by atoms with E-state index in [-0.39, 0.29) is 11.8 Å². The Morgan fingerprint density at radius 2 is 1.76 bits per heavy atom. The molecule has 172 valence electrons. The molecule has 33 heavy (non-hydrogen) atoms. The van der Waals surface area contributed by atoms with Crippen LogP contribution in [-0.2, 0) is 17.8 Å². The maximum absolute atomic E-state index is 12.5. The third-order valence-corrected chi connectivity index (χ3v) is 6.26. The predicted molar refractivity (Wildman–Crippen MR) is 131 cm³/mol. The SMILES string of the molecule is CCc1cccc(NC(=O)c2cn(Cc3ccc(NC(=O)CC4CCCCC4)cc3)cn2)c1. The van der Waals surface area contributed by atoms with Crippen LogP contribution in [0.25, 0.3) is 0 Å². The number of aromatic nitrogens is 2. The van der Waals surface area contributed by atoms with E-state index < -0.39 is 0 Å². The minimum Gasteiger partial charge on any atom is -0.332 e. The van der Waals surface area contributed by atoms with Gasteiger partial charge in [-0.3, -0.25) is 9.59 Å². The fourth-order valence-electron chi connectivity index (χ4n) is 4.40. The fraction of sp³-hybridized carbons (Fsp3) is 0.370. The van der Waals surface area contributed by atoms with Gasteiger partial charge in [0.05, 0.1) is 6.33 Å². The summed E-state index contributed by atoms with van der Waals surface area (Å²) in [4.78, 5) is 29.1. The smallest absolute Gasteiger partial charge is 0.275 e. The maximum atomic E-state index is 12.5. The first-order chi connectivity index (χ1) is 16.1. The van der Waals surface area contributed by atoms with Crippen LogP contribution in [0.2, 0.25) is 0 Å². The summed E-state index contributed by atoms with van der Waals surface area (Å²) in [6.07, 6.45) is 11.1. The summed E-state index contributed by atoms with van der Waals surface area (Å²) in [5.74, 6) is 0.406. The van der Waals surface area contributed by atoms with E-state index in [1.54, 1.807) is 12.5 Å². The standard InChI is InChI=1S/C27H32N4O2/c1-2-20-9-6-10-24(15-20)30-27(33)25-18-31(19-28-25)17-22-11-13-23(14-12-22)29-26(32)16-21-7-4-3-5-8-21/h6,9-15,18-19,21H,2-5,7-8,16-17H2,1H3,(H,29,32)(H,30,33). The number of aryl methyl sites for hydroxylation is 1. The molecule has 1 aliphatic carbocycles. The van der Waals surface area contributed by atoms with Gasteiger partial charge < -0.3 is 15.2 Å². The number of anilines is 2. The van der Waals surface area contributed by atoms with E-state index >= 15 is 0 Å². The number of rotatable bonds is 8. The Labute approximate surface area is 195 Å². The van der Waals surface area contributed by atoms with Crippen molar-refractivity contribution < 1.29 is 9.59 Å². The molecule has 6 nitrogen and oxygen atoms in total. The minimum atomic E-state index is -0.224. The van der Waals surface area contributed by atoms with Crippen molar-refractivity contribution in [2.24, 2.45) is 5.92 Å². The second-order valence-corrected chi connectivity index (χ2v) is 8.89. The number of hydrogen-bond donors (Lipinski definition) is 2. The van der Waals surface area contributed by atoms with Crippen LogP contribution in [0.4, 0.5) is 11.4 Å². The van der Waals surface area contributed by atoms with Gasteiger partial charge in [0.15, 0.2) is 0 Å². The van der Waals surface area contributed by atoms with Crippen molar-refractivity contribution in [2.45, 2.75) is 58.4 Å². The molecule has 1 heterocycles. The third-order valence-electron chi connectivity index (χ3n) is 6.26. The number of amides is 2. The monoisotopic (exact) mass is 444 g/mol. The van der Waals surface area contributed by atoms with Crippen LogP contribution in [0.1, 0.15) is 67.1 Å².